The number of anilines is 1. The first-order chi connectivity index (χ1) is 12.6. The van der Waals surface area contributed by atoms with Crippen LogP contribution < -0.4 is 16.0 Å². The summed E-state index contributed by atoms with van der Waals surface area (Å²) in [7, 11) is 1.75. The predicted molar refractivity (Wildman–Crippen MR) is 122 cm³/mol. The molecule has 2 rings (SSSR count). The Morgan fingerprint density at radius 1 is 1.04 bits per heavy atom. The summed E-state index contributed by atoms with van der Waals surface area (Å²) in [5.41, 5.74) is 3.12. The standard InChI is InChI=1S/C19H24ClN5O.HI/c1-14(26)25-17-6-3-15(4-7-17)9-11-22-19(21-2)23-12-10-16-5-8-18(20)24-13-16;/h3-8,13H,9-12H2,1-2H3,(H,25,26)(H2,21,22,23);1H. The maximum atomic E-state index is 11.0. The topological polar surface area (TPSA) is 78.4 Å². The van der Waals surface area contributed by atoms with E-state index in [4.69, 9.17) is 11.6 Å². The molecule has 0 aliphatic carbocycles. The van der Waals surface area contributed by atoms with E-state index >= 15 is 0 Å². The number of nitrogens with zero attached hydrogens (tertiary/aromatic N) is 2. The molecule has 0 aliphatic rings. The van der Waals surface area contributed by atoms with Gasteiger partial charge in [-0.05, 0) is 42.2 Å². The van der Waals surface area contributed by atoms with E-state index in [2.05, 4.69) is 25.9 Å². The van der Waals surface area contributed by atoms with Gasteiger partial charge in [-0.1, -0.05) is 29.8 Å². The molecular formula is C19H25ClIN5O. The summed E-state index contributed by atoms with van der Waals surface area (Å²) in [6.07, 6.45) is 3.49. The normalized spacial score (nSPS) is 10.7. The highest BCUT2D eigenvalue weighted by Gasteiger charge is 2.00. The average molecular weight is 502 g/mol. The third-order valence-electron chi connectivity index (χ3n) is 3.70. The van der Waals surface area contributed by atoms with Crippen LogP contribution in [0.15, 0.2) is 47.6 Å². The van der Waals surface area contributed by atoms with E-state index in [1.165, 1.54) is 12.5 Å². The van der Waals surface area contributed by atoms with Crippen LogP contribution in [0.5, 0.6) is 0 Å². The average Bonchev–Trinajstić information content (AvgIpc) is 2.63. The minimum Gasteiger partial charge on any atom is -0.356 e. The molecule has 0 radical (unpaired) electrons. The first-order valence-electron chi connectivity index (χ1n) is 8.48. The number of carbonyl (C=O) groups is 1. The van der Waals surface area contributed by atoms with Gasteiger partial charge in [0.05, 0.1) is 0 Å². The molecule has 6 nitrogen and oxygen atoms in total. The van der Waals surface area contributed by atoms with Gasteiger partial charge in [0.2, 0.25) is 5.91 Å². The number of carbonyl (C=O) groups excluding carboxylic acids is 1. The van der Waals surface area contributed by atoms with Gasteiger partial charge in [-0.15, -0.1) is 24.0 Å². The number of nitrogens with one attached hydrogen (secondary N) is 3. The van der Waals surface area contributed by atoms with Crippen molar-refractivity contribution in [3.8, 4) is 0 Å². The van der Waals surface area contributed by atoms with E-state index in [-0.39, 0.29) is 29.9 Å². The van der Waals surface area contributed by atoms with Crippen LogP contribution >= 0.6 is 35.6 Å². The van der Waals surface area contributed by atoms with E-state index < -0.39 is 0 Å². The molecule has 1 aromatic carbocycles. The maximum Gasteiger partial charge on any atom is 0.221 e. The lowest BCUT2D eigenvalue weighted by molar-refractivity contribution is -0.114. The lowest BCUT2D eigenvalue weighted by Gasteiger charge is -2.12. The van der Waals surface area contributed by atoms with Crippen molar-refractivity contribution in [2.45, 2.75) is 19.8 Å². The van der Waals surface area contributed by atoms with Gasteiger partial charge in [-0.2, -0.15) is 0 Å². The predicted octanol–water partition coefficient (Wildman–Crippen LogP) is 3.26. The van der Waals surface area contributed by atoms with E-state index in [1.807, 2.05) is 30.3 Å². The van der Waals surface area contributed by atoms with Crippen molar-refractivity contribution < 1.29 is 4.79 Å². The maximum absolute atomic E-state index is 11.0. The van der Waals surface area contributed by atoms with Crippen LogP contribution in [-0.4, -0.2) is 37.0 Å². The molecule has 3 N–H and O–H groups in total. The van der Waals surface area contributed by atoms with Crippen LogP contribution in [-0.2, 0) is 17.6 Å². The lowest BCUT2D eigenvalue weighted by Crippen LogP contribution is -2.39. The summed E-state index contributed by atoms with van der Waals surface area (Å²) in [6, 6.07) is 11.6. The van der Waals surface area contributed by atoms with Crippen LogP contribution in [0.3, 0.4) is 0 Å². The molecule has 0 bridgehead atoms. The highest BCUT2D eigenvalue weighted by atomic mass is 127. The van der Waals surface area contributed by atoms with E-state index in [9.17, 15) is 4.79 Å². The monoisotopic (exact) mass is 501 g/mol. The van der Waals surface area contributed by atoms with Crippen molar-refractivity contribution in [3.05, 3.63) is 58.9 Å². The van der Waals surface area contributed by atoms with Crippen molar-refractivity contribution in [1.82, 2.24) is 15.6 Å². The zero-order chi connectivity index (χ0) is 18.8. The van der Waals surface area contributed by atoms with Crippen LogP contribution in [0.4, 0.5) is 5.69 Å². The quantitative estimate of drug-likeness (QED) is 0.236. The molecule has 0 aliphatic heterocycles. The Labute approximate surface area is 182 Å². The summed E-state index contributed by atoms with van der Waals surface area (Å²) in [4.78, 5) is 19.3. The van der Waals surface area contributed by atoms with Gasteiger partial charge >= 0.3 is 0 Å². The summed E-state index contributed by atoms with van der Waals surface area (Å²) >= 11 is 5.78. The number of halogens is 2. The number of benzene rings is 1. The minimum atomic E-state index is -0.0660. The van der Waals surface area contributed by atoms with Gasteiger partial charge in [0.15, 0.2) is 5.96 Å². The number of rotatable bonds is 7. The smallest absolute Gasteiger partial charge is 0.221 e. The molecule has 1 aromatic heterocycles. The van der Waals surface area contributed by atoms with E-state index in [0.29, 0.717) is 5.15 Å². The van der Waals surface area contributed by atoms with Gasteiger partial charge in [0.25, 0.3) is 0 Å². The van der Waals surface area contributed by atoms with Crippen LogP contribution in [0.25, 0.3) is 0 Å². The van der Waals surface area contributed by atoms with E-state index in [0.717, 1.165) is 43.1 Å². The zero-order valence-corrected chi connectivity index (χ0v) is 18.5. The highest BCUT2D eigenvalue weighted by Crippen LogP contribution is 2.09. The Balaban J connectivity index is 0.00000364. The number of pyridine rings is 1. The molecule has 8 heteroatoms. The Morgan fingerprint density at radius 2 is 1.63 bits per heavy atom. The van der Waals surface area contributed by atoms with Crippen LogP contribution in [0.1, 0.15) is 18.1 Å². The van der Waals surface area contributed by atoms with Crippen molar-refractivity contribution in [1.29, 1.82) is 0 Å². The first-order valence-corrected chi connectivity index (χ1v) is 8.86. The second kappa shape index (κ2) is 12.5. The Kier molecular flexibility index (Phi) is 10.7. The molecule has 0 atom stereocenters. The molecule has 27 heavy (non-hydrogen) atoms. The fourth-order valence-electron chi connectivity index (χ4n) is 2.38. The summed E-state index contributed by atoms with van der Waals surface area (Å²) in [5.74, 6) is 0.700. The van der Waals surface area contributed by atoms with E-state index in [1.54, 1.807) is 19.3 Å². The molecule has 1 amide bonds. The lowest BCUT2D eigenvalue weighted by atomic mass is 10.1. The number of hydrogen-bond acceptors (Lipinski definition) is 3. The third kappa shape index (κ3) is 9.05. The second-order valence-electron chi connectivity index (χ2n) is 5.79. The van der Waals surface area contributed by atoms with Crippen molar-refractivity contribution >= 4 is 53.1 Å². The summed E-state index contributed by atoms with van der Waals surface area (Å²) in [5, 5.41) is 9.84. The van der Waals surface area contributed by atoms with Crippen molar-refractivity contribution in [2.24, 2.45) is 4.99 Å². The Bertz CT molecular complexity index is 735. The Morgan fingerprint density at radius 3 is 2.15 bits per heavy atom. The first kappa shape index (κ1) is 23.2. The molecule has 0 unspecified atom stereocenters. The number of guanidine groups is 1. The third-order valence-corrected chi connectivity index (χ3v) is 3.92. The van der Waals surface area contributed by atoms with Crippen molar-refractivity contribution in [2.75, 3.05) is 25.5 Å². The SMILES string of the molecule is CN=C(NCCc1ccc(NC(C)=O)cc1)NCCc1ccc(Cl)nc1.I. The largest absolute Gasteiger partial charge is 0.356 e. The number of aliphatic imine (C=N–C) groups is 1. The van der Waals surface area contributed by atoms with Gasteiger partial charge in [0.1, 0.15) is 5.15 Å². The Hall–Kier alpha value is -1.87. The minimum absolute atomic E-state index is 0. The second-order valence-corrected chi connectivity index (χ2v) is 6.18. The molecule has 0 spiro atoms. The van der Waals surface area contributed by atoms with Crippen LogP contribution in [0, 0.1) is 0 Å². The van der Waals surface area contributed by atoms with Gasteiger partial charge in [0, 0.05) is 38.9 Å². The molecule has 0 saturated heterocycles. The number of hydrogen-bond donors (Lipinski definition) is 3. The summed E-state index contributed by atoms with van der Waals surface area (Å²) in [6.45, 7) is 3.02. The van der Waals surface area contributed by atoms with Crippen LogP contribution in [0.2, 0.25) is 5.15 Å². The van der Waals surface area contributed by atoms with Crippen molar-refractivity contribution in [3.63, 3.8) is 0 Å². The number of amides is 1. The fourth-order valence-corrected chi connectivity index (χ4v) is 2.50. The molecule has 146 valence electrons. The van der Waals surface area contributed by atoms with Gasteiger partial charge in [-0.3, -0.25) is 9.79 Å². The molecular weight excluding hydrogens is 477 g/mol. The molecule has 0 fully saturated rings. The highest BCUT2D eigenvalue weighted by molar-refractivity contribution is 14.0. The van der Waals surface area contributed by atoms with Gasteiger partial charge < -0.3 is 16.0 Å². The number of aromatic nitrogens is 1. The molecule has 2 aromatic rings. The summed E-state index contributed by atoms with van der Waals surface area (Å²) < 4.78 is 0. The molecule has 1 heterocycles. The zero-order valence-electron chi connectivity index (χ0n) is 15.5. The van der Waals surface area contributed by atoms with Gasteiger partial charge in [-0.25, -0.2) is 4.98 Å². The molecule has 0 saturated carbocycles. The fraction of sp³-hybridized carbons (Fsp3) is 0.316.